The molecule has 2 amide bonds. The summed E-state index contributed by atoms with van der Waals surface area (Å²) in [7, 11) is 0. The van der Waals surface area contributed by atoms with Crippen LogP contribution in [0.3, 0.4) is 0 Å². The second-order valence-corrected chi connectivity index (χ2v) is 12.4. The van der Waals surface area contributed by atoms with E-state index >= 15 is 0 Å². The average Bonchev–Trinajstić information content (AvgIpc) is 3.16. The van der Waals surface area contributed by atoms with Crippen molar-refractivity contribution in [2.75, 3.05) is 71.3 Å². The van der Waals surface area contributed by atoms with E-state index in [2.05, 4.69) is 39.1 Å². The first-order valence-corrected chi connectivity index (χ1v) is 17.9. The number of aryl methyl sites for hydroxylation is 1. The van der Waals surface area contributed by atoms with Crippen molar-refractivity contribution < 1.29 is 38.4 Å². The number of hydrogen-bond donors (Lipinski definition) is 5. The molecule has 4 aromatic rings. The zero-order valence-electron chi connectivity index (χ0n) is 30.3. The van der Waals surface area contributed by atoms with Crippen molar-refractivity contribution in [2.45, 2.75) is 38.3 Å². The van der Waals surface area contributed by atoms with E-state index in [1.54, 1.807) is 6.20 Å². The summed E-state index contributed by atoms with van der Waals surface area (Å²) >= 11 is 0. The van der Waals surface area contributed by atoms with Gasteiger partial charge in [0, 0.05) is 25.7 Å². The molecule has 0 spiro atoms. The number of nitrogens with two attached hydrogens (primary N) is 1. The monoisotopic (exact) mass is 729 g/mol. The quantitative estimate of drug-likeness (QED) is 0.0615. The van der Waals surface area contributed by atoms with Crippen molar-refractivity contribution in [3.8, 4) is 11.1 Å². The molecule has 2 atom stereocenters. The number of carboxylic acid groups (broad SMARTS) is 1. The van der Waals surface area contributed by atoms with Gasteiger partial charge in [0.1, 0.15) is 11.9 Å². The number of carbonyl (C=O) groups excluding carboxylic acids is 2. The van der Waals surface area contributed by atoms with Crippen LogP contribution in [0.5, 0.6) is 0 Å². The first kappa shape index (κ1) is 40.8. The maximum absolute atomic E-state index is 13.7. The molecule has 1 aromatic heterocycles. The smallest absolute Gasteiger partial charge is 0.305 e. The van der Waals surface area contributed by atoms with E-state index in [9.17, 15) is 19.5 Å². The van der Waals surface area contributed by atoms with E-state index in [4.69, 9.17) is 24.7 Å². The summed E-state index contributed by atoms with van der Waals surface area (Å²) < 4.78 is 22.0. The number of amides is 2. The number of nitrogens with one attached hydrogen (secondary N) is 3. The van der Waals surface area contributed by atoms with Crippen LogP contribution in [-0.4, -0.2) is 99.9 Å². The maximum Gasteiger partial charge on any atom is 0.305 e. The zero-order valence-corrected chi connectivity index (χ0v) is 30.3. The number of anilines is 1. The summed E-state index contributed by atoms with van der Waals surface area (Å²) in [6, 6.07) is 23.5. The fraction of sp³-hybridized carbons (Fsp3) is 0.400. The van der Waals surface area contributed by atoms with Gasteiger partial charge in [0.2, 0.25) is 11.8 Å². The molecule has 6 N–H and O–H groups in total. The first-order valence-electron chi connectivity index (χ1n) is 17.9. The molecule has 0 aliphatic rings. The van der Waals surface area contributed by atoms with Crippen LogP contribution < -0.4 is 21.7 Å². The van der Waals surface area contributed by atoms with Crippen LogP contribution in [0.4, 0.5) is 5.82 Å². The Balaban J connectivity index is 1.34. The third-order valence-electron chi connectivity index (χ3n) is 8.23. The Labute approximate surface area is 310 Å². The molecule has 13 nitrogen and oxygen atoms in total. The van der Waals surface area contributed by atoms with Crippen molar-refractivity contribution in [1.29, 1.82) is 0 Å². The number of carboxylic acids is 1. The molecule has 1 heterocycles. The molecule has 0 aliphatic carbocycles. The summed E-state index contributed by atoms with van der Waals surface area (Å²) in [5, 5.41) is 20.8. The lowest BCUT2D eigenvalue weighted by Crippen LogP contribution is -2.50. The Morgan fingerprint density at radius 1 is 0.811 bits per heavy atom. The summed E-state index contributed by atoms with van der Waals surface area (Å²) in [5.41, 5.74) is 9.08. The van der Waals surface area contributed by atoms with Gasteiger partial charge in [-0.1, -0.05) is 66.7 Å². The second kappa shape index (κ2) is 22.9. The van der Waals surface area contributed by atoms with Crippen LogP contribution in [0.25, 0.3) is 21.9 Å². The lowest BCUT2D eigenvalue weighted by atomic mass is 9.95. The standard InChI is InChI=1S/C40H51N5O8/c1-29-15-18-43-37(26-29)42-17-5-10-38(46)44-36(28-53-25-24-52-23-22-51-21-20-50-19-16-41)40(49)45-35(27-39(47)48)32-13-11-31(12-14-32)34-9-4-7-30-6-2-3-8-33(30)34/h2-4,6-9,11-15,18,26,35-36H,5,10,16-17,19-25,27-28,41H2,1H3,(H,42,43)(H,44,46)(H,45,49)(H,47,48)/t35-,36+/m1/s1. The Kier molecular flexibility index (Phi) is 17.6. The molecule has 0 saturated heterocycles. The molecule has 0 bridgehead atoms. The highest BCUT2D eigenvalue weighted by Gasteiger charge is 2.26. The number of fused-ring (bicyclic) bond motifs is 1. The minimum absolute atomic E-state index is 0.138. The van der Waals surface area contributed by atoms with Gasteiger partial charge in [-0.25, -0.2) is 4.98 Å². The van der Waals surface area contributed by atoms with Gasteiger partial charge in [-0.05, 0) is 58.5 Å². The predicted octanol–water partition coefficient (Wildman–Crippen LogP) is 4.24. The number of ether oxygens (including phenoxy) is 4. The van der Waals surface area contributed by atoms with Gasteiger partial charge in [-0.2, -0.15) is 0 Å². The van der Waals surface area contributed by atoms with E-state index in [1.807, 2.05) is 67.6 Å². The molecule has 0 radical (unpaired) electrons. The summed E-state index contributed by atoms with van der Waals surface area (Å²) in [4.78, 5) is 42.9. The van der Waals surface area contributed by atoms with Gasteiger partial charge in [-0.3, -0.25) is 14.4 Å². The van der Waals surface area contributed by atoms with E-state index in [0.717, 1.165) is 33.3 Å². The van der Waals surface area contributed by atoms with Gasteiger partial charge in [0.05, 0.1) is 65.3 Å². The lowest BCUT2D eigenvalue weighted by Gasteiger charge is -2.23. The third-order valence-corrected chi connectivity index (χ3v) is 8.23. The van der Waals surface area contributed by atoms with E-state index in [1.165, 1.54) is 0 Å². The maximum atomic E-state index is 13.7. The van der Waals surface area contributed by atoms with Crippen LogP contribution in [0, 0.1) is 6.92 Å². The van der Waals surface area contributed by atoms with Crippen molar-refractivity contribution >= 4 is 34.4 Å². The summed E-state index contributed by atoms with van der Waals surface area (Å²) in [6.45, 7) is 5.34. The normalized spacial score (nSPS) is 12.3. The van der Waals surface area contributed by atoms with Crippen molar-refractivity contribution in [3.05, 3.63) is 96.2 Å². The Hall–Kier alpha value is -4.92. The minimum Gasteiger partial charge on any atom is -0.481 e. The van der Waals surface area contributed by atoms with Crippen LogP contribution in [0.15, 0.2) is 85.1 Å². The van der Waals surface area contributed by atoms with Gasteiger partial charge in [-0.15, -0.1) is 0 Å². The Morgan fingerprint density at radius 3 is 2.19 bits per heavy atom. The van der Waals surface area contributed by atoms with E-state index < -0.39 is 24.0 Å². The van der Waals surface area contributed by atoms with Gasteiger partial charge in [0.25, 0.3) is 0 Å². The number of aromatic nitrogens is 1. The van der Waals surface area contributed by atoms with Gasteiger partial charge in [0.15, 0.2) is 0 Å². The average molecular weight is 730 g/mol. The van der Waals surface area contributed by atoms with Crippen molar-refractivity contribution in [3.63, 3.8) is 0 Å². The van der Waals surface area contributed by atoms with Crippen LogP contribution in [0.1, 0.15) is 36.4 Å². The highest BCUT2D eigenvalue weighted by Crippen LogP contribution is 2.30. The second-order valence-electron chi connectivity index (χ2n) is 12.4. The molecule has 0 saturated carbocycles. The highest BCUT2D eigenvalue weighted by atomic mass is 16.6. The zero-order chi connectivity index (χ0) is 37.7. The molecule has 3 aromatic carbocycles. The molecule has 284 valence electrons. The summed E-state index contributed by atoms with van der Waals surface area (Å²) in [5.74, 6) is -1.26. The Morgan fingerprint density at radius 2 is 1.49 bits per heavy atom. The molecular weight excluding hydrogens is 678 g/mol. The number of benzene rings is 3. The fourth-order valence-corrected chi connectivity index (χ4v) is 5.56. The van der Waals surface area contributed by atoms with Crippen molar-refractivity contribution in [1.82, 2.24) is 15.6 Å². The number of rotatable bonds is 25. The first-order chi connectivity index (χ1) is 25.8. The molecule has 13 heteroatoms. The number of aliphatic carboxylic acids is 1. The van der Waals surface area contributed by atoms with Crippen LogP contribution >= 0.6 is 0 Å². The topological polar surface area (TPSA) is 183 Å². The van der Waals surface area contributed by atoms with Gasteiger partial charge >= 0.3 is 5.97 Å². The summed E-state index contributed by atoms with van der Waals surface area (Å²) in [6.07, 6.45) is 2.01. The van der Waals surface area contributed by atoms with Crippen LogP contribution in [0.2, 0.25) is 0 Å². The molecular formula is C40H51N5O8. The fourth-order valence-electron chi connectivity index (χ4n) is 5.56. The number of pyridine rings is 1. The Bertz CT molecular complexity index is 1720. The SMILES string of the molecule is Cc1ccnc(NCCCC(=O)N[C@@H](COCCOCCOCCOCCN)C(=O)N[C@H](CC(=O)O)c2ccc(-c3cccc4ccccc34)cc2)c1. The number of nitrogens with zero attached hydrogens (tertiary/aromatic N) is 1. The van der Waals surface area contributed by atoms with Crippen molar-refractivity contribution in [2.24, 2.45) is 5.73 Å². The molecule has 4 rings (SSSR count). The minimum atomic E-state index is -1.08. The number of hydrogen-bond acceptors (Lipinski definition) is 10. The van der Waals surface area contributed by atoms with E-state index in [-0.39, 0.29) is 38.6 Å². The molecule has 0 unspecified atom stereocenters. The largest absolute Gasteiger partial charge is 0.481 e. The third kappa shape index (κ3) is 14.6. The van der Waals surface area contributed by atoms with Gasteiger partial charge < -0.3 is 45.7 Å². The molecule has 0 fully saturated rings. The number of carbonyl (C=O) groups is 3. The van der Waals surface area contributed by atoms with Crippen LogP contribution in [-0.2, 0) is 33.3 Å². The molecule has 0 aliphatic heterocycles. The molecule has 53 heavy (non-hydrogen) atoms. The lowest BCUT2D eigenvalue weighted by molar-refractivity contribution is -0.138. The van der Waals surface area contributed by atoms with E-state index in [0.29, 0.717) is 58.1 Å². The highest BCUT2D eigenvalue weighted by molar-refractivity contribution is 5.96. The predicted molar refractivity (Wildman–Crippen MR) is 203 cm³/mol.